The molecule has 0 saturated heterocycles. The van der Waals surface area contributed by atoms with Crippen molar-refractivity contribution in [3.8, 4) is 0 Å². The van der Waals surface area contributed by atoms with E-state index in [1.54, 1.807) is 0 Å². The average molecular weight is 905 g/mol. The first-order valence-corrected chi connectivity index (χ1v) is 28.9. The largest absolute Gasteiger partial charge is 0.466 e. The summed E-state index contributed by atoms with van der Waals surface area (Å²) in [6.45, 7) is 4.95. The van der Waals surface area contributed by atoms with Gasteiger partial charge in [-0.05, 0) is 51.4 Å². The van der Waals surface area contributed by atoms with Gasteiger partial charge in [0.05, 0.1) is 25.4 Å². The smallest absolute Gasteiger partial charge is 0.305 e. The van der Waals surface area contributed by atoms with Gasteiger partial charge in [-0.3, -0.25) is 9.59 Å². The fraction of sp³-hybridized carbons (Fsp3) is 0.931. The molecule has 0 fully saturated rings. The predicted octanol–water partition coefficient (Wildman–Crippen LogP) is 17.7. The van der Waals surface area contributed by atoms with Crippen molar-refractivity contribution in [1.29, 1.82) is 0 Å². The Morgan fingerprint density at radius 2 is 0.734 bits per heavy atom. The molecule has 380 valence electrons. The zero-order valence-electron chi connectivity index (χ0n) is 43.3. The molecule has 2 atom stereocenters. The minimum Gasteiger partial charge on any atom is -0.466 e. The van der Waals surface area contributed by atoms with Crippen LogP contribution in [-0.4, -0.2) is 47.4 Å². The van der Waals surface area contributed by atoms with E-state index in [2.05, 4.69) is 31.3 Å². The second-order valence-electron chi connectivity index (χ2n) is 20.0. The van der Waals surface area contributed by atoms with E-state index in [4.69, 9.17) is 4.74 Å². The van der Waals surface area contributed by atoms with Crippen molar-refractivity contribution in [3.63, 3.8) is 0 Å². The quantitative estimate of drug-likeness (QED) is 0.0321. The lowest BCUT2D eigenvalue weighted by atomic mass is 10.0. The number of unbranched alkanes of at least 4 members (excludes halogenated alkanes) is 41. The Labute approximate surface area is 399 Å². The van der Waals surface area contributed by atoms with E-state index in [-0.39, 0.29) is 18.5 Å². The molecule has 0 rings (SSSR count). The van der Waals surface area contributed by atoms with E-state index in [1.807, 2.05) is 0 Å². The fourth-order valence-corrected chi connectivity index (χ4v) is 9.11. The Bertz CT molecular complexity index is 955. The third-order valence-corrected chi connectivity index (χ3v) is 13.6. The maximum atomic E-state index is 12.5. The molecule has 0 aromatic rings. The highest BCUT2D eigenvalue weighted by molar-refractivity contribution is 5.76. The van der Waals surface area contributed by atoms with E-state index in [1.165, 1.54) is 244 Å². The second kappa shape index (κ2) is 54.2. The van der Waals surface area contributed by atoms with Crippen LogP contribution in [0.4, 0.5) is 0 Å². The van der Waals surface area contributed by atoms with Crippen molar-refractivity contribution >= 4 is 11.9 Å². The number of hydrogen-bond acceptors (Lipinski definition) is 5. The number of carbonyl (C=O) groups excluding carboxylic acids is 2. The van der Waals surface area contributed by atoms with Crippen LogP contribution in [0.3, 0.4) is 0 Å². The third kappa shape index (κ3) is 50.0. The van der Waals surface area contributed by atoms with Crippen molar-refractivity contribution in [2.24, 2.45) is 0 Å². The number of carbonyl (C=O) groups is 2. The molecule has 2 unspecified atom stereocenters. The van der Waals surface area contributed by atoms with Crippen molar-refractivity contribution in [2.75, 3.05) is 13.2 Å². The van der Waals surface area contributed by atoms with E-state index < -0.39 is 12.1 Å². The van der Waals surface area contributed by atoms with Gasteiger partial charge in [0.2, 0.25) is 5.91 Å². The van der Waals surface area contributed by atoms with E-state index >= 15 is 0 Å². The van der Waals surface area contributed by atoms with Gasteiger partial charge in [0.1, 0.15) is 0 Å². The van der Waals surface area contributed by atoms with Crippen LogP contribution in [-0.2, 0) is 14.3 Å². The van der Waals surface area contributed by atoms with Gasteiger partial charge >= 0.3 is 5.97 Å². The fourth-order valence-electron chi connectivity index (χ4n) is 9.11. The van der Waals surface area contributed by atoms with E-state index in [0.717, 1.165) is 44.9 Å². The molecule has 0 radical (unpaired) electrons. The highest BCUT2D eigenvalue weighted by Crippen LogP contribution is 2.17. The molecule has 1 amide bonds. The van der Waals surface area contributed by atoms with Crippen molar-refractivity contribution < 1.29 is 24.5 Å². The zero-order chi connectivity index (χ0) is 46.5. The van der Waals surface area contributed by atoms with Crippen molar-refractivity contribution in [2.45, 2.75) is 334 Å². The summed E-state index contributed by atoms with van der Waals surface area (Å²) in [6, 6.07) is -0.547. The average Bonchev–Trinajstić information content (AvgIpc) is 3.29. The Morgan fingerprint density at radius 1 is 0.422 bits per heavy atom. The van der Waals surface area contributed by atoms with E-state index in [0.29, 0.717) is 25.9 Å². The molecule has 6 nitrogen and oxygen atoms in total. The molecule has 3 N–H and O–H groups in total. The molecule has 0 aliphatic rings. The standard InChI is InChI=1S/C58H113NO5/c1-3-5-7-9-11-13-15-17-19-20-24-28-32-36-40-44-48-52-58(63)64-53-49-45-41-37-33-29-25-21-23-27-31-35-39-43-47-51-57(62)59-55(54-60)56(61)50-46-42-38-34-30-26-22-18-16-14-12-10-8-6-4-2/h17,19,55-56,60-61H,3-16,18,20-54H2,1-2H3,(H,59,62)/b19-17-. The van der Waals surface area contributed by atoms with Crippen LogP contribution in [0.25, 0.3) is 0 Å². The Balaban J connectivity index is 3.41. The SMILES string of the molecule is CCCCCCCC/C=C\CCCCCCCCCC(=O)OCCCCCCCCCCCCCCCCCC(=O)NC(CO)C(O)CCCCCCCCCCCCCCCCC. The Kier molecular flexibility index (Phi) is 53.0. The number of amides is 1. The Hall–Kier alpha value is -1.40. The van der Waals surface area contributed by atoms with Gasteiger partial charge in [0, 0.05) is 12.8 Å². The molecule has 0 spiro atoms. The minimum absolute atomic E-state index is 0.00195. The third-order valence-electron chi connectivity index (χ3n) is 13.6. The lowest BCUT2D eigenvalue weighted by molar-refractivity contribution is -0.143. The van der Waals surface area contributed by atoms with Crippen LogP contribution in [0.2, 0.25) is 0 Å². The molecule has 0 saturated carbocycles. The van der Waals surface area contributed by atoms with Crippen LogP contribution >= 0.6 is 0 Å². The summed E-state index contributed by atoms with van der Waals surface area (Å²) in [4.78, 5) is 24.5. The number of aliphatic hydroxyl groups is 2. The van der Waals surface area contributed by atoms with Crippen LogP contribution in [0.5, 0.6) is 0 Å². The summed E-state index contributed by atoms with van der Waals surface area (Å²) in [7, 11) is 0. The summed E-state index contributed by atoms with van der Waals surface area (Å²) >= 11 is 0. The van der Waals surface area contributed by atoms with Crippen molar-refractivity contribution in [3.05, 3.63) is 12.2 Å². The molecule has 0 aliphatic carbocycles. The molecular formula is C58H113NO5. The topological polar surface area (TPSA) is 95.9 Å². The van der Waals surface area contributed by atoms with Crippen LogP contribution in [0.1, 0.15) is 322 Å². The summed E-state index contributed by atoms with van der Waals surface area (Å²) in [6.07, 6.45) is 63.4. The van der Waals surface area contributed by atoms with Crippen LogP contribution in [0, 0.1) is 0 Å². The first-order valence-electron chi connectivity index (χ1n) is 28.9. The Morgan fingerprint density at radius 3 is 1.11 bits per heavy atom. The maximum absolute atomic E-state index is 12.5. The number of esters is 1. The highest BCUT2D eigenvalue weighted by Gasteiger charge is 2.20. The van der Waals surface area contributed by atoms with Crippen LogP contribution in [0.15, 0.2) is 12.2 Å². The highest BCUT2D eigenvalue weighted by atomic mass is 16.5. The molecule has 0 aliphatic heterocycles. The summed E-state index contributed by atoms with van der Waals surface area (Å²) in [5.41, 5.74) is 0. The molecular weight excluding hydrogens is 791 g/mol. The van der Waals surface area contributed by atoms with Gasteiger partial charge in [0.25, 0.3) is 0 Å². The number of allylic oxidation sites excluding steroid dienone is 2. The lowest BCUT2D eigenvalue weighted by Gasteiger charge is -2.22. The predicted molar refractivity (Wildman–Crippen MR) is 278 cm³/mol. The van der Waals surface area contributed by atoms with Crippen molar-refractivity contribution in [1.82, 2.24) is 5.32 Å². The van der Waals surface area contributed by atoms with Gasteiger partial charge < -0.3 is 20.3 Å². The molecule has 0 bridgehead atoms. The van der Waals surface area contributed by atoms with Gasteiger partial charge in [-0.1, -0.05) is 270 Å². The van der Waals surface area contributed by atoms with Gasteiger partial charge in [0.15, 0.2) is 0 Å². The van der Waals surface area contributed by atoms with Gasteiger partial charge in [-0.15, -0.1) is 0 Å². The number of hydrogen-bond donors (Lipinski definition) is 3. The number of nitrogens with one attached hydrogen (secondary N) is 1. The molecule has 0 aromatic carbocycles. The zero-order valence-corrected chi connectivity index (χ0v) is 43.3. The van der Waals surface area contributed by atoms with Crippen LogP contribution < -0.4 is 5.32 Å². The van der Waals surface area contributed by atoms with E-state index in [9.17, 15) is 19.8 Å². The maximum Gasteiger partial charge on any atom is 0.305 e. The first kappa shape index (κ1) is 62.6. The first-order chi connectivity index (χ1) is 31.5. The normalized spacial score (nSPS) is 12.6. The van der Waals surface area contributed by atoms with Gasteiger partial charge in [-0.2, -0.15) is 0 Å². The monoisotopic (exact) mass is 904 g/mol. The number of ether oxygens (including phenoxy) is 1. The summed E-state index contributed by atoms with van der Waals surface area (Å²) in [5.74, 6) is -0.0435. The van der Waals surface area contributed by atoms with Gasteiger partial charge in [-0.25, -0.2) is 0 Å². The number of aliphatic hydroxyl groups excluding tert-OH is 2. The number of rotatable bonds is 54. The molecule has 0 aromatic heterocycles. The molecule has 0 heterocycles. The molecule has 6 heteroatoms. The lowest BCUT2D eigenvalue weighted by Crippen LogP contribution is -2.45. The minimum atomic E-state index is -0.669. The summed E-state index contributed by atoms with van der Waals surface area (Å²) in [5, 5.41) is 23.3. The second-order valence-corrected chi connectivity index (χ2v) is 20.0. The summed E-state index contributed by atoms with van der Waals surface area (Å²) < 4.78 is 5.48. The molecule has 64 heavy (non-hydrogen) atoms.